The summed E-state index contributed by atoms with van der Waals surface area (Å²) in [6.45, 7) is 3.76. The number of nitrogens with zero attached hydrogens (tertiary/aromatic N) is 4. The zero-order chi connectivity index (χ0) is 22.0. The van der Waals surface area contributed by atoms with Gasteiger partial charge in [-0.15, -0.1) is 0 Å². The van der Waals surface area contributed by atoms with E-state index in [1.54, 1.807) is 12.1 Å². The highest BCUT2D eigenvalue weighted by atomic mass is 16.6. The highest BCUT2D eigenvalue weighted by Gasteiger charge is 2.29. The van der Waals surface area contributed by atoms with E-state index in [9.17, 15) is 25.0 Å². The van der Waals surface area contributed by atoms with Crippen LogP contribution in [0, 0.1) is 20.2 Å². The van der Waals surface area contributed by atoms with Crippen molar-refractivity contribution >= 4 is 28.7 Å². The van der Waals surface area contributed by atoms with Crippen LogP contribution in [0.5, 0.6) is 5.75 Å². The third-order valence-electron chi connectivity index (χ3n) is 5.50. The van der Waals surface area contributed by atoms with Crippen LogP contribution in [-0.2, 0) is 4.79 Å². The molecule has 1 fully saturated rings. The van der Waals surface area contributed by atoms with Crippen LogP contribution in [0.15, 0.2) is 42.5 Å². The van der Waals surface area contributed by atoms with Crippen molar-refractivity contribution in [2.75, 3.05) is 42.9 Å². The number of hydrogen-bond acceptors (Lipinski definition) is 8. The molecule has 1 N–H and O–H groups in total. The fourth-order valence-corrected chi connectivity index (χ4v) is 3.75. The van der Waals surface area contributed by atoms with E-state index in [0.717, 1.165) is 31.9 Å². The average molecular weight is 427 g/mol. The first kappa shape index (κ1) is 20.5. The monoisotopic (exact) mass is 427 g/mol. The first-order valence-corrected chi connectivity index (χ1v) is 9.88. The number of nitro benzene ring substituents is 2. The number of benzene rings is 2. The molecule has 1 atom stereocenters. The van der Waals surface area contributed by atoms with Crippen molar-refractivity contribution in [2.24, 2.45) is 0 Å². The Hall–Kier alpha value is -3.73. The molecule has 31 heavy (non-hydrogen) atoms. The zero-order valence-corrected chi connectivity index (χ0v) is 16.6. The molecule has 0 spiro atoms. The molecule has 2 aliphatic heterocycles. The summed E-state index contributed by atoms with van der Waals surface area (Å²) in [5.74, 6) is 0.0488. The largest absolute Gasteiger partial charge is 0.478 e. The lowest BCUT2D eigenvalue weighted by Gasteiger charge is -2.36. The third kappa shape index (κ3) is 4.56. The van der Waals surface area contributed by atoms with Gasteiger partial charge >= 0.3 is 0 Å². The number of nitro groups is 2. The molecule has 4 rings (SSSR count). The number of carbonyl (C=O) groups is 1. The number of non-ortho nitro benzene ring substituents is 2. The number of carbonyl (C=O) groups excluding carboxylic acids is 1. The van der Waals surface area contributed by atoms with Gasteiger partial charge in [-0.05, 0) is 18.2 Å². The average Bonchev–Trinajstić information content (AvgIpc) is 2.77. The Morgan fingerprint density at radius 2 is 1.61 bits per heavy atom. The minimum Gasteiger partial charge on any atom is -0.478 e. The Kier molecular flexibility index (Phi) is 5.67. The lowest BCUT2D eigenvalue weighted by molar-refractivity contribution is -0.385. The summed E-state index contributed by atoms with van der Waals surface area (Å²) in [7, 11) is 0. The van der Waals surface area contributed by atoms with Crippen molar-refractivity contribution < 1.29 is 19.4 Å². The lowest BCUT2D eigenvalue weighted by Crippen LogP contribution is -2.48. The molecule has 11 nitrogen and oxygen atoms in total. The van der Waals surface area contributed by atoms with Crippen LogP contribution in [-0.4, -0.2) is 59.5 Å². The van der Waals surface area contributed by atoms with Crippen LogP contribution in [0.3, 0.4) is 0 Å². The maximum atomic E-state index is 12.3. The number of amides is 1. The summed E-state index contributed by atoms with van der Waals surface area (Å²) in [5, 5.41) is 24.5. The van der Waals surface area contributed by atoms with Crippen molar-refractivity contribution in [3.8, 4) is 5.75 Å². The van der Waals surface area contributed by atoms with Gasteiger partial charge in [0, 0.05) is 63.0 Å². The van der Waals surface area contributed by atoms with E-state index in [1.807, 2.05) is 0 Å². The second-order valence-electron chi connectivity index (χ2n) is 7.42. The SMILES string of the molecule is O=C1Nc2ccc([N+](=O)[O-])cc2OC1CCN1CCN(c2ccc([N+](=O)[O-])cc2)CC1. The zero-order valence-electron chi connectivity index (χ0n) is 16.6. The molecular weight excluding hydrogens is 406 g/mol. The number of hydrogen-bond donors (Lipinski definition) is 1. The lowest BCUT2D eigenvalue weighted by atomic mass is 10.1. The van der Waals surface area contributed by atoms with Gasteiger partial charge in [0.25, 0.3) is 17.3 Å². The number of nitrogens with one attached hydrogen (secondary N) is 1. The molecule has 2 aliphatic rings. The van der Waals surface area contributed by atoms with Gasteiger partial charge in [0.2, 0.25) is 0 Å². The van der Waals surface area contributed by atoms with E-state index in [-0.39, 0.29) is 17.3 Å². The van der Waals surface area contributed by atoms with Gasteiger partial charge in [-0.3, -0.25) is 29.9 Å². The van der Waals surface area contributed by atoms with E-state index in [4.69, 9.17) is 4.74 Å². The second-order valence-corrected chi connectivity index (χ2v) is 7.42. The van der Waals surface area contributed by atoms with Gasteiger partial charge < -0.3 is 15.0 Å². The predicted octanol–water partition coefficient (Wildman–Crippen LogP) is 2.41. The first-order chi connectivity index (χ1) is 14.9. The summed E-state index contributed by atoms with van der Waals surface area (Å²) in [6.07, 6.45) is -0.243. The normalized spacial score (nSPS) is 18.6. The molecule has 1 saturated heterocycles. The Labute approximate surface area is 177 Å². The van der Waals surface area contributed by atoms with E-state index in [1.165, 1.54) is 30.3 Å². The van der Waals surface area contributed by atoms with Gasteiger partial charge in [-0.1, -0.05) is 0 Å². The van der Waals surface area contributed by atoms with E-state index < -0.39 is 16.0 Å². The van der Waals surface area contributed by atoms with Gasteiger partial charge in [-0.25, -0.2) is 0 Å². The number of piperazine rings is 1. The van der Waals surface area contributed by atoms with Crippen molar-refractivity contribution in [3.63, 3.8) is 0 Å². The van der Waals surface area contributed by atoms with Gasteiger partial charge in [0.05, 0.1) is 21.6 Å². The molecule has 1 unspecified atom stereocenters. The molecule has 2 heterocycles. The van der Waals surface area contributed by atoms with Crippen LogP contribution < -0.4 is 15.0 Å². The Bertz CT molecular complexity index is 1000. The number of anilines is 2. The molecule has 11 heteroatoms. The van der Waals surface area contributed by atoms with Crippen LogP contribution in [0.25, 0.3) is 0 Å². The highest BCUT2D eigenvalue weighted by molar-refractivity contribution is 5.97. The van der Waals surface area contributed by atoms with Crippen molar-refractivity contribution in [2.45, 2.75) is 12.5 Å². The van der Waals surface area contributed by atoms with E-state index in [2.05, 4.69) is 15.1 Å². The molecule has 0 saturated carbocycles. The fourth-order valence-electron chi connectivity index (χ4n) is 3.75. The smallest absolute Gasteiger partial charge is 0.273 e. The Morgan fingerprint density at radius 3 is 2.26 bits per heavy atom. The maximum Gasteiger partial charge on any atom is 0.273 e. The van der Waals surface area contributed by atoms with Gasteiger partial charge in [0.15, 0.2) is 11.9 Å². The number of fused-ring (bicyclic) bond motifs is 1. The molecular formula is C20H21N5O6. The van der Waals surface area contributed by atoms with Crippen LogP contribution >= 0.6 is 0 Å². The summed E-state index contributed by atoms with van der Waals surface area (Å²) in [4.78, 5) is 37.5. The molecule has 2 aromatic carbocycles. The summed E-state index contributed by atoms with van der Waals surface area (Å²) < 4.78 is 5.74. The minimum absolute atomic E-state index is 0.0695. The van der Waals surface area contributed by atoms with Crippen LogP contribution in [0.2, 0.25) is 0 Å². The molecule has 1 amide bonds. The van der Waals surface area contributed by atoms with E-state index >= 15 is 0 Å². The molecule has 2 aromatic rings. The molecule has 162 valence electrons. The van der Waals surface area contributed by atoms with Crippen LogP contribution in [0.1, 0.15) is 6.42 Å². The fraction of sp³-hybridized carbons (Fsp3) is 0.350. The predicted molar refractivity (Wildman–Crippen MR) is 113 cm³/mol. The first-order valence-electron chi connectivity index (χ1n) is 9.88. The van der Waals surface area contributed by atoms with E-state index in [0.29, 0.717) is 24.4 Å². The highest BCUT2D eigenvalue weighted by Crippen LogP contribution is 2.33. The molecule has 0 aliphatic carbocycles. The molecule has 0 bridgehead atoms. The van der Waals surface area contributed by atoms with Crippen molar-refractivity contribution in [1.82, 2.24) is 4.90 Å². The molecule has 0 radical (unpaired) electrons. The topological polar surface area (TPSA) is 131 Å². The summed E-state index contributed by atoms with van der Waals surface area (Å²) in [5.41, 5.74) is 1.36. The van der Waals surface area contributed by atoms with Crippen LogP contribution in [0.4, 0.5) is 22.7 Å². The Balaban J connectivity index is 1.29. The van der Waals surface area contributed by atoms with Gasteiger partial charge in [-0.2, -0.15) is 0 Å². The third-order valence-corrected chi connectivity index (χ3v) is 5.50. The molecule has 0 aromatic heterocycles. The summed E-state index contributed by atoms with van der Waals surface area (Å²) in [6, 6.07) is 10.6. The number of rotatable bonds is 6. The van der Waals surface area contributed by atoms with Crippen molar-refractivity contribution in [3.05, 3.63) is 62.7 Å². The van der Waals surface area contributed by atoms with Crippen molar-refractivity contribution in [1.29, 1.82) is 0 Å². The minimum atomic E-state index is -0.706. The standard InChI is InChI=1S/C20H21N5O6/c26-20-18(31-19-13-16(25(29)30)5-6-17(19)21-20)7-8-22-9-11-23(12-10-22)14-1-3-15(4-2-14)24(27)28/h1-6,13,18H,7-12H2,(H,21,26). The second kappa shape index (κ2) is 8.56. The Morgan fingerprint density at radius 1 is 0.968 bits per heavy atom. The quantitative estimate of drug-likeness (QED) is 0.549. The number of ether oxygens (including phenoxy) is 1. The summed E-state index contributed by atoms with van der Waals surface area (Å²) >= 11 is 0. The van der Waals surface area contributed by atoms with Gasteiger partial charge in [0.1, 0.15) is 0 Å². The maximum absolute atomic E-state index is 12.3.